The summed E-state index contributed by atoms with van der Waals surface area (Å²) in [5, 5.41) is 9.17. The number of benzene rings is 2. The van der Waals surface area contributed by atoms with Crippen molar-refractivity contribution in [2.75, 3.05) is 29.9 Å². The molecule has 2 aromatic carbocycles. The van der Waals surface area contributed by atoms with Crippen LogP contribution >= 0.6 is 11.3 Å². The van der Waals surface area contributed by atoms with Crippen LogP contribution < -0.4 is 21.0 Å². The lowest BCUT2D eigenvalue weighted by molar-refractivity contribution is 0.0609. The summed E-state index contributed by atoms with van der Waals surface area (Å²) < 4.78 is 0. The first-order valence-electron chi connectivity index (χ1n) is 11.1. The predicted molar refractivity (Wildman–Crippen MR) is 133 cm³/mol. The fraction of sp³-hybridized carbons (Fsp3) is 0.250. The number of guanidine groups is 1. The van der Waals surface area contributed by atoms with E-state index < -0.39 is 11.9 Å². The Balaban J connectivity index is 1.26. The second-order valence-corrected chi connectivity index (χ2v) is 8.34. The van der Waals surface area contributed by atoms with E-state index in [1.54, 1.807) is 48.5 Å². The number of nitrogens with zero attached hydrogens (tertiary/aromatic N) is 3. The van der Waals surface area contributed by atoms with Crippen molar-refractivity contribution < 1.29 is 14.4 Å². The largest absolute Gasteiger partial charge is 0.356 e. The molecule has 0 spiro atoms. The van der Waals surface area contributed by atoms with Crippen LogP contribution in [0.5, 0.6) is 0 Å². The zero-order chi connectivity index (χ0) is 23.6. The number of aromatic nitrogens is 1. The van der Waals surface area contributed by atoms with Crippen LogP contribution in [0.2, 0.25) is 0 Å². The van der Waals surface area contributed by atoms with Crippen molar-refractivity contribution in [3.63, 3.8) is 0 Å². The van der Waals surface area contributed by atoms with Crippen molar-refractivity contribution in [2.45, 2.75) is 19.3 Å². The van der Waals surface area contributed by atoms with Gasteiger partial charge >= 0.3 is 6.03 Å². The number of nitrogens with one attached hydrogen (secondary N) is 3. The number of amides is 3. The van der Waals surface area contributed by atoms with Crippen molar-refractivity contribution >= 4 is 40.1 Å². The van der Waals surface area contributed by atoms with Crippen LogP contribution in [0, 0.1) is 0 Å². The fourth-order valence-corrected chi connectivity index (χ4v) is 4.04. The molecule has 176 valence electrons. The number of rotatable bonds is 8. The maximum Gasteiger partial charge on any atom is 0.352 e. The Morgan fingerprint density at radius 1 is 1.09 bits per heavy atom. The molecule has 4 rings (SSSR count). The van der Waals surface area contributed by atoms with E-state index in [2.05, 4.69) is 26.1 Å². The topological polar surface area (TPSA) is 108 Å². The second-order valence-electron chi connectivity index (χ2n) is 7.48. The van der Waals surface area contributed by atoms with Gasteiger partial charge in [0, 0.05) is 24.0 Å². The molecule has 3 amide bonds. The number of aryl methyl sites for hydroxylation is 1. The molecular weight excluding hydrogens is 452 g/mol. The molecule has 0 atom stereocenters. The zero-order valence-electron chi connectivity index (χ0n) is 18.6. The highest BCUT2D eigenvalue weighted by molar-refractivity contribution is 7.13. The lowest BCUT2D eigenvalue weighted by Gasteiger charge is -2.21. The van der Waals surface area contributed by atoms with E-state index in [4.69, 9.17) is 4.84 Å². The van der Waals surface area contributed by atoms with Crippen LogP contribution in [0.25, 0.3) is 0 Å². The van der Waals surface area contributed by atoms with E-state index in [1.165, 1.54) is 11.3 Å². The van der Waals surface area contributed by atoms with Gasteiger partial charge in [-0.05, 0) is 43.5 Å². The number of hydroxylamine groups is 1. The van der Waals surface area contributed by atoms with E-state index >= 15 is 0 Å². The SMILES string of the molecule is O=C(NOCCCc1csc(NC2=NCCCN2)n1)N(C(=O)c1ccccc1)c1ccccc1. The highest BCUT2D eigenvalue weighted by atomic mass is 32.1. The minimum atomic E-state index is -0.652. The third-order valence-electron chi connectivity index (χ3n) is 4.95. The summed E-state index contributed by atoms with van der Waals surface area (Å²) in [6.45, 7) is 2.00. The van der Waals surface area contributed by atoms with Gasteiger partial charge in [0.2, 0.25) is 0 Å². The standard InChI is InChI=1S/C24H26N6O3S/c31-21(18-9-3-1-4-10-18)30(20-12-5-2-6-13-20)24(32)29-33-16-7-11-19-17-34-23(27-19)28-22-25-14-8-15-26-22/h1-6,9-10,12-13,17H,7-8,11,14-16H2,(H,29,32)(H2,25,26,27,28). The molecule has 9 nitrogen and oxygen atoms in total. The van der Waals surface area contributed by atoms with Crippen LogP contribution in [0.4, 0.5) is 15.6 Å². The molecule has 1 aliphatic rings. The lowest BCUT2D eigenvalue weighted by Crippen LogP contribution is -2.44. The first kappa shape index (κ1) is 23.4. The molecule has 34 heavy (non-hydrogen) atoms. The molecule has 2 heterocycles. The van der Waals surface area contributed by atoms with Gasteiger partial charge in [-0.15, -0.1) is 11.3 Å². The van der Waals surface area contributed by atoms with E-state index in [0.717, 1.165) is 41.2 Å². The summed E-state index contributed by atoms with van der Waals surface area (Å²) in [6.07, 6.45) is 2.38. The number of aliphatic imine (C=N–C) groups is 1. The van der Waals surface area contributed by atoms with Crippen molar-refractivity contribution in [3.05, 3.63) is 77.3 Å². The average Bonchev–Trinajstić information content (AvgIpc) is 3.32. The number of imide groups is 1. The monoisotopic (exact) mass is 478 g/mol. The lowest BCUT2D eigenvalue weighted by atomic mass is 10.2. The molecule has 0 aliphatic carbocycles. The number of carbonyl (C=O) groups is 2. The van der Waals surface area contributed by atoms with Crippen LogP contribution in [-0.4, -0.2) is 42.6 Å². The van der Waals surface area contributed by atoms with Gasteiger partial charge in [-0.3, -0.25) is 14.6 Å². The van der Waals surface area contributed by atoms with Gasteiger partial charge < -0.3 is 10.6 Å². The van der Waals surface area contributed by atoms with Crippen molar-refractivity contribution in [3.8, 4) is 0 Å². The smallest absolute Gasteiger partial charge is 0.352 e. The number of urea groups is 1. The average molecular weight is 479 g/mol. The Morgan fingerprint density at radius 3 is 2.59 bits per heavy atom. The van der Waals surface area contributed by atoms with Gasteiger partial charge in [-0.2, -0.15) is 0 Å². The summed E-state index contributed by atoms with van der Waals surface area (Å²) in [4.78, 5) is 41.2. The number of hydrogen-bond donors (Lipinski definition) is 3. The van der Waals surface area contributed by atoms with E-state index in [-0.39, 0.29) is 6.61 Å². The van der Waals surface area contributed by atoms with Gasteiger partial charge in [-0.25, -0.2) is 20.2 Å². The third-order valence-corrected chi connectivity index (χ3v) is 5.76. The predicted octanol–water partition coefficient (Wildman–Crippen LogP) is 3.83. The molecule has 0 saturated heterocycles. The van der Waals surface area contributed by atoms with Gasteiger partial charge in [0.05, 0.1) is 18.0 Å². The molecule has 1 aliphatic heterocycles. The van der Waals surface area contributed by atoms with Crippen LogP contribution in [-0.2, 0) is 11.3 Å². The number of hydrogen-bond acceptors (Lipinski definition) is 8. The molecule has 0 bridgehead atoms. The molecular formula is C24H26N6O3S. The maximum absolute atomic E-state index is 13.0. The molecule has 0 fully saturated rings. The van der Waals surface area contributed by atoms with Gasteiger partial charge in [-0.1, -0.05) is 36.4 Å². The normalized spacial score (nSPS) is 12.9. The Morgan fingerprint density at radius 2 is 1.85 bits per heavy atom. The minimum Gasteiger partial charge on any atom is -0.356 e. The summed E-state index contributed by atoms with van der Waals surface area (Å²) in [5.74, 6) is 0.318. The number of para-hydroxylation sites is 1. The minimum absolute atomic E-state index is 0.280. The van der Waals surface area contributed by atoms with Gasteiger partial charge in [0.25, 0.3) is 5.91 Å². The van der Waals surface area contributed by atoms with Crippen molar-refractivity contribution in [1.29, 1.82) is 0 Å². The molecule has 0 unspecified atom stereocenters. The van der Waals surface area contributed by atoms with E-state index in [0.29, 0.717) is 24.1 Å². The fourth-order valence-electron chi connectivity index (χ4n) is 3.29. The Hall–Kier alpha value is -3.76. The Labute approximate surface area is 201 Å². The van der Waals surface area contributed by atoms with E-state index in [9.17, 15) is 9.59 Å². The van der Waals surface area contributed by atoms with Gasteiger partial charge in [0.1, 0.15) is 0 Å². The van der Waals surface area contributed by atoms with Crippen molar-refractivity contribution in [2.24, 2.45) is 4.99 Å². The second kappa shape index (κ2) is 11.9. The Bertz CT molecular complexity index is 1120. The van der Waals surface area contributed by atoms with Crippen molar-refractivity contribution in [1.82, 2.24) is 15.8 Å². The van der Waals surface area contributed by atoms with Crippen LogP contribution in [0.3, 0.4) is 0 Å². The molecule has 1 aromatic heterocycles. The molecule has 10 heteroatoms. The quantitative estimate of drug-likeness (QED) is 0.336. The highest BCUT2D eigenvalue weighted by Gasteiger charge is 2.24. The number of anilines is 2. The zero-order valence-corrected chi connectivity index (χ0v) is 19.4. The maximum atomic E-state index is 13.0. The molecule has 0 saturated carbocycles. The first-order chi connectivity index (χ1) is 16.7. The molecule has 0 radical (unpaired) electrons. The summed E-state index contributed by atoms with van der Waals surface area (Å²) >= 11 is 1.52. The first-order valence-corrected chi connectivity index (χ1v) is 11.9. The number of carbonyl (C=O) groups excluding carboxylic acids is 2. The molecule has 3 aromatic rings. The summed E-state index contributed by atoms with van der Waals surface area (Å²) in [5.41, 5.74) is 4.19. The third kappa shape index (κ3) is 6.40. The van der Waals surface area contributed by atoms with Gasteiger partial charge in [0.15, 0.2) is 11.1 Å². The Kier molecular flexibility index (Phi) is 8.20. The van der Waals surface area contributed by atoms with E-state index in [1.807, 2.05) is 17.5 Å². The van der Waals surface area contributed by atoms with Crippen LogP contribution in [0.1, 0.15) is 28.9 Å². The number of thiazole rings is 1. The molecule has 3 N–H and O–H groups in total. The summed E-state index contributed by atoms with van der Waals surface area (Å²) in [6, 6.07) is 16.8. The highest BCUT2D eigenvalue weighted by Crippen LogP contribution is 2.18. The summed E-state index contributed by atoms with van der Waals surface area (Å²) in [7, 11) is 0. The van der Waals surface area contributed by atoms with Crippen LogP contribution in [0.15, 0.2) is 71.0 Å².